The lowest BCUT2D eigenvalue weighted by atomic mass is 9.55. The van der Waals surface area contributed by atoms with Crippen LogP contribution in [0.25, 0.3) is 0 Å². The molecule has 0 spiro atoms. The smallest absolute Gasteiger partial charge is 0.255 e. The molecule has 40 heavy (non-hydrogen) atoms. The number of nitrogens with one attached hydrogen (secondary N) is 1. The third-order valence-electron chi connectivity index (χ3n) is 7.87. The number of fused-ring (bicyclic) bond motifs is 3. The van der Waals surface area contributed by atoms with Gasteiger partial charge >= 0.3 is 0 Å². The van der Waals surface area contributed by atoms with E-state index >= 15 is 0 Å². The van der Waals surface area contributed by atoms with Crippen LogP contribution in [-0.2, 0) is 14.4 Å². The van der Waals surface area contributed by atoms with Gasteiger partial charge in [-0.25, -0.2) is 0 Å². The van der Waals surface area contributed by atoms with E-state index in [1.54, 1.807) is 25.9 Å². The highest BCUT2D eigenvalue weighted by Gasteiger charge is 2.67. The number of halogens is 1. The number of hydrogen-bond acceptors (Lipinski definition) is 11. The van der Waals surface area contributed by atoms with Crippen LogP contribution < -0.4 is 11.1 Å². The zero-order valence-corrected chi connectivity index (χ0v) is 23.3. The molecule has 13 nitrogen and oxygen atoms in total. The van der Waals surface area contributed by atoms with Crippen LogP contribution in [0.1, 0.15) is 28.8 Å². The average molecular weight is 581 g/mol. The molecule has 0 aliphatic heterocycles. The molecular formula is C26H33ClN4O9. The van der Waals surface area contributed by atoms with Gasteiger partial charge in [0.2, 0.25) is 11.7 Å². The average Bonchev–Trinajstić information content (AvgIpc) is 2.82. The molecule has 218 valence electrons. The van der Waals surface area contributed by atoms with Crippen LogP contribution in [-0.4, -0.2) is 111 Å². The van der Waals surface area contributed by atoms with Crippen LogP contribution in [0.2, 0.25) is 0 Å². The molecular weight excluding hydrogens is 548 g/mol. The zero-order valence-electron chi connectivity index (χ0n) is 22.5. The van der Waals surface area contributed by atoms with E-state index in [9.17, 15) is 44.7 Å². The standard InChI is InChI=1S/C26H32N4O9.ClH/c1-9-10-6-7-11(28-12(31)8-29(2)3)19(32)14(10)20(33)15-13(9)21(34)17-18(30(4)5)22(35)16(25(27)38)24(37)26(17,39)23(15)36;/h6-7,9,13,17-18,21,32,34-36,39H,8H2,1-5H3,(H2,27,38)(H,28,31);1H/t9?,13?,17?,18-,21?,26-;/m0./s1. The normalized spacial score (nSPS) is 29.6. The number of likely N-dealkylation sites (N-methyl/N-ethyl adjacent to an activating group) is 2. The molecule has 3 aliphatic carbocycles. The van der Waals surface area contributed by atoms with E-state index in [1.165, 1.54) is 31.1 Å². The number of primary amides is 1. The summed E-state index contributed by atoms with van der Waals surface area (Å²) in [7, 11) is 6.28. The Morgan fingerprint density at radius 3 is 2.23 bits per heavy atom. The van der Waals surface area contributed by atoms with Crippen molar-refractivity contribution in [3.05, 3.63) is 45.9 Å². The number of phenolic OH excluding ortho intramolecular Hbond substituents is 1. The van der Waals surface area contributed by atoms with E-state index in [-0.39, 0.29) is 30.2 Å². The summed E-state index contributed by atoms with van der Waals surface area (Å²) < 4.78 is 0. The summed E-state index contributed by atoms with van der Waals surface area (Å²) in [5, 5.41) is 59.0. The maximum atomic E-state index is 13.8. The molecule has 1 aromatic carbocycles. The number of aliphatic hydroxyl groups is 4. The number of carbonyl (C=O) groups is 4. The van der Waals surface area contributed by atoms with Crippen LogP contribution in [0.5, 0.6) is 5.75 Å². The molecule has 0 saturated carbocycles. The highest BCUT2D eigenvalue weighted by atomic mass is 35.5. The molecule has 14 heteroatoms. The molecule has 8 N–H and O–H groups in total. The van der Waals surface area contributed by atoms with Crippen molar-refractivity contribution in [2.24, 2.45) is 17.6 Å². The minimum absolute atomic E-state index is 0. The number of hydrogen-bond donors (Lipinski definition) is 7. The lowest BCUT2D eigenvalue weighted by Gasteiger charge is -2.53. The number of ketones is 2. The van der Waals surface area contributed by atoms with Crippen molar-refractivity contribution >= 4 is 41.5 Å². The van der Waals surface area contributed by atoms with Crippen LogP contribution in [0.15, 0.2) is 34.8 Å². The largest absolute Gasteiger partial charge is 0.510 e. The summed E-state index contributed by atoms with van der Waals surface area (Å²) in [5.74, 6) is -10.2. The Morgan fingerprint density at radius 1 is 1.10 bits per heavy atom. The third kappa shape index (κ3) is 4.25. The first-order valence-corrected chi connectivity index (χ1v) is 12.2. The number of nitrogens with zero attached hydrogens (tertiary/aromatic N) is 2. The van der Waals surface area contributed by atoms with Crippen molar-refractivity contribution in [1.82, 2.24) is 9.80 Å². The van der Waals surface area contributed by atoms with Crippen molar-refractivity contribution in [3.8, 4) is 5.75 Å². The van der Waals surface area contributed by atoms with Crippen LogP contribution in [0.4, 0.5) is 5.69 Å². The monoisotopic (exact) mass is 580 g/mol. The van der Waals surface area contributed by atoms with E-state index in [4.69, 9.17) is 5.73 Å². The number of rotatable bonds is 5. The Labute approximate surface area is 236 Å². The topological polar surface area (TPSA) is 214 Å². The molecule has 4 unspecified atom stereocenters. The second kappa shape index (κ2) is 10.5. The molecule has 4 rings (SSSR count). The van der Waals surface area contributed by atoms with Gasteiger partial charge in [0.1, 0.15) is 17.1 Å². The van der Waals surface area contributed by atoms with Gasteiger partial charge in [-0.2, -0.15) is 0 Å². The fourth-order valence-corrected chi connectivity index (χ4v) is 6.20. The van der Waals surface area contributed by atoms with Gasteiger partial charge in [-0.1, -0.05) is 13.0 Å². The first kappa shape index (κ1) is 31.0. The number of Topliss-reactive ketones (excluding diaryl/α,β-unsaturated/α-hetero) is 2. The Balaban J connectivity index is 0.00000441. The number of aromatic hydroxyl groups is 1. The predicted molar refractivity (Wildman–Crippen MR) is 144 cm³/mol. The van der Waals surface area contributed by atoms with Gasteiger partial charge in [0.25, 0.3) is 5.91 Å². The summed E-state index contributed by atoms with van der Waals surface area (Å²) in [5.41, 5.74) is 0.792. The second-order valence-electron chi connectivity index (χ2n) is 10.8. The van der Waals surface area contributed by atoms with E-state index in [0.717, 1.165) is 0 Å². The second-order valence-corrected chi connectivity index (χ2v) is 10.8. The van der Waals surface area contributed by atoms with Crippen molar-refractivity contribution < 1.29 is 44.7 Å². The lowest BCUT2D eigenvalue weighted by molar-refractivity contribution is -0.162. The Kier molecular flexibility index (Phi) is 8.14. The van der Waals surface area contributed by atoms with Crippen LogP contribution >= 0.6 is 12.4 Å². The molecule has 1 aromatic rings. The van der Waals surface area contributed by atoms with E-state index < -0.39 is 87.3 Å². The van der Waals surface area contributed by atoms with Crippen molar-refractivity contribution in [1.29, 1.82) is 0 Å². The van der Waals surface area contributed by atoms with Crippen molar-refractivity contribution in [2.75, 3.05) is 40.1 Å². The highest BCUT2D eigenvalue weighted by Crippen LogP contribution is 2.56. The van der Waals surface area contributed by atoms with E-state index in [2.05, 4.69) is 5.32 Å². The summed E-state index contributed by atoms with van der Waals surface area (Å²) >= 11 is 0. The zero-order chi connectivity index (χ0) is 29.3. The summed E-state index contributed by atoms with van der Waals surface area (Å²) in [6.07, 6.45) is -1.68. The summed E-state index contributed by atoms with van der Waals surface area (Å²) in [6, 6.07) is 1.58. The number of amides is 2. The number of aliphatic hydroxyl groups excluding tert-OH is 3. The van der Waals surface area contributed by atoms with Crippen LogP contribution in [0, 0.1) is 11.8 Å². The Morgan fingerprint density at radius 2 is 1.70 bits per heavy atom. The number of carbonyl (C=O) groups excluding carboxylic acids is 4. The SMILES string of the molecule is CC1c2ccc(NC(=O)CN(C)C)c(O)c2C(=O)C2=C(O)[C@]3(O)C(=O)C(C(N)=O)=C(O)[C@@H](N(C)C)C3C(O)C21.Cl. The highest BCUT2D eigenvalue weighted by molar-refractivity contribution is 6.25. The number of nitrogens with two attached hydrogens (primary N) is 1. The molecule has 0 bridgehead atoms. The maximum absolute atomic E-state index is 13.8. The molecule has 0 radical (unpaired) electrons. The first-order chi connectivity index (χ1) is 18.1. The number of benzene rings is 1. The molecule has 0 saturated heterocycles. The van der Waals surface area contributed by atoms with Gasteiger partial charge < -0.3 is 41.5 Å². The lowest BCUT2D eigenvalue weighted by Crippen LogP contribution is -2.68. The van der Waals surface area contributed by atoms with E-state index in [1.807, 2.05) is 0 Å². The predicted octanol–water partition coefficient (Wildman–Crippen LogP) is -0.426. The van der Waals surface area contributed by atoms with E-state index in [0.29, 0.717) is 5.56 Å². The quantitative estimate of drug-likeness (QED) is 0.175. The van der Waals surface area contributed by atoms with Gasteiger partial charge in [-0.05, 0) is 45.7 Å². The number of phenols is 1. The van der Waals surface area contributed by atoms with Crippen LogP contribution in [0.3, 0.4) is 0 Å². The summed E-state index contributed by atoms with van der Waals surface area (Å²) in [4.78, 5) is 54.5. The fraction of sp³-hybridized carbons (Fsp3) is 0.462. The van der Waals surface area contributed by atoms with Gasteiger partial charge in [0.15, 0.2) is 17.1 Å². The maximum Gasteiger partial charge on any atom is 0.255 e. The van der Waals surface area contributed by atoms with Gasteiger partial charge in [0, 0.05) is 11.5 Å². The van der Waals surface area contributed by atoms with Crippen molar-refractivity contribution in [2.45, 2.75) is 30.6 Å². The minimum atomic E-state index is -2.99. The summed E-state index contributed by atoms with van der Waals surface area (Å²) in [6.45, 7) is 1.62. The molecule has 0 heterocycles. The van der Waals surface area contributed by atoms with Crippen molar-refractivity contribution in [3.63, 3.8) is 0 Å². The third-order valence-corrected chi connectivity index (χ3v) is 7.87. The fourth-order valence-electron chi connectivity index (χ4n) is 6.20. The molecule has 3 aliphatic rings. The van der Waals surface area contributed by atoms with Gasteiger partial charge in [-0.15, -0.1) is 12.4 Å². The Hall–Kier alpha value is -3.49. The minimum Gasteiger partial charge on any atom is -0.510 e. The molecule has 6 atom stereocenters. The molecule has 0 fully saturated rings. The first-order valence-electron chi connectivity index (χ1n) is 12.2. The Bertz CT molecular complexity index is 1370. The number of anilines is 1. The molecule has 0 aromatic heterocycles. The van der Waals surface area contributed by atoms with Gasteiger partial charge in [0.05, 0.1) is 35.9 Å². The van der Waals surface area contributed by atoms with Gasteiger partial charge in [-0.3, -0.25) is 24.1 Å². The molecule has 2 amide bonds.